The average Bonchev–Trinajstić information content (AvgIpc) is 3.48. The first-order valence-electron chi connectivity index (χ1n) is 9.47. The van der Waals surface area contributed by atoms with Crippen LogP contribution in [0.4, 0.5) is 0 Å². The number of carbonyl (C=O) groups excluding carboxylic acids is 1. The van der Waals surface area contributed by atoms with Crippen LogP contribution in [0.5, 0.6) is 0 Å². The van der Waals surface area contributed by atoms with E-state index in [1.165, 1.54) is 0 Å². The molecule has 0 aliphatic heterocycles. The molecule has 1 saturated carbocycles. The molecule has 0 bridgehead atoms. The van der Waals surface area contributed by atoms with Gasteiger partial charge in [-0.15, -0.1) is 11.8 Å². The molecule has 3 aromatic heterocycles. The lowest BCUT2D eigenvalue weighted by Crippen LogP contribution is -2.25. The Morgan fingerprint density at radius 3 is 2.55 bits per heavy atom. The molecule has 1 aliphatic carbocycles. The van der Waals surface area contributed by atoms with Crippen LogP contribution < -0.4 is 5.32 Å². The SMILES string of the molecule is CSc1nc(-c2ccncc2)cn2c(-c3ccc(C(=O)NC4CC4)cc3)cnc12. The fraction of sp³-hybridized carbons (Fsp3) is 0.182. The predicted molar refractivity (Wildman–Crippen MR) is 114 cm³/mol. The van der Waals surface area contributed by atoms with E-state index in [1.54, 1.807) is 24.2 Å². The Bertz CT molecular complexity index is 1180. The third-order valence-electron chi connectivity index (χ3n) is 4.99. The molecular formula is C22H19N5OS. The molecular weight excluding hydrogens is 382 g/mol. The fourth-order valence-corrected chi connectivity index (χ4v) is 3.78. The maximum atomic E-state index is 12.2. The molecule has 1 amide bonds. The van der Waals surface area contributed by atoms with Gasteiger partial charge in [-0.3, -0.25) is 14.2 Å². The second-order valence-electron chi connectivity index (χ2n) is 7.03. The molecule has 0 radical (unpaired) electrons. The van der Waals surface area contributed by atoms with Gasteiger partial charge in [-0.1, -0.05) is 12.1 Å². The van der Waals surface area contributed by atoms with Crippen molar-refractivity contribution in [2.24, 2.45) is 0 Å². The molecule has 4 aromatic rings. The van der Waals surface area contributed by atoms with Gasteiger partial charge in [0.05, 0.1) is 17.6 Å². The standard InChI is InChI=1S/C22H19N5OS/c1-29-22-20-24-12-19(27(20)13-18(26-22)14-8-10-23-11-9-14)15-2-4-16(5-3-15)21(28)25-17-6-7-17/h2-5,8-13,17H,6-7H2,1H3,(H,25,28). The number of hydrogen-bond acceptors (Lipinski definition) is 5. The minimum atomic E-state index is -0.00830. The largest absolute Gasteiger partial charge is 0.349 e. The van der Waals surface area contributed by atoms with Crippen LogP contribution in [-0.2, 0) is 0 Å². The zero-order valence-electron chi connectivity index (χ0n) is 15.9. The Morgan fingerprint density at radius 1 is 1.10 bits per heavy atom. The Labute approximate surface area is 172 Å². The second kappa shape index (κ2) is 7.33. The number of rotatable bonds is 5. The highest BCUT2D eigenvalue weighted by atomic mass is 32.2. The molecule has 1 aliphatic rings. The first kappa shape index (κ1) is 17.9. The van der Waals surface area contributed by atoms with E-state index in [4.69, 9.17) is 4.98 Å². The zero-order valence-corrected chi connectivity index (χ0v) is 16.7. The highest BCUT2D eigenvalue weighted by Gasteiger charge is 2.23. The van der Waals surface area contributed by atoms with Crippen molar-refractivity contribution in [3.63, 3.8) is 0 Å². The van der Waals surface area contributed by atoms with Crippen molar-refractivity contribution in [1.29, 1.82) is 0 Å². The Hall–Kier alpha value is -3.19. The zero-order chi connectivity index (χ0) is 19.8. The van der Waals surface area contributed by atoms with Crippen LogP contribution in [0.25, 0.3) is 28.2 Å². The van der Waals surface area contributed by atoms with Crippen LogP contribution in [-0.4, -0.2) is 37.6 Å². The number of pyridine rings is 1. The summed E-state index contributed by atoms with van der Waals surface area (Å²) >= 11 is 1.57. The van der Waals surface area contributed by atoms with Crippen molar-refractivity contribution in [3.8, 4) is 22.5 Å². The van der Waals surface area contributed by atoms with Gasteiger partial charge < -0.3 is 5.32 Å². The van der Waals surface area contributed by atoms with Crippen LogP contribution in [0.2, 0.25) is 0 Å². The molecule has 7 heteroatoms. The van der Waals surface area contributed by atoms with Gasteiger partial charge in [0.25, 0.3) is 5.91 Å². The Kier molecular flexibility index (Phi) is 4.52. The number of thioether (sulfide) groups is 1. The first-order chi connectivity index (χ1) is 14.2. The van der Waals surface area contributed by atoms with Gasteiger partial charge in [0.15, 0.2) is 5.65 Å². The van der Waals surface area contributed by atoms with Crippen molar-refractivity contribution >= 4 is 23.3 Å². The molecule has 0 saturated heterocycles. The van der Waals surface area contributed by atoms with Gasteiger partial charge in [0.2, 0.25) is 0 Å². The maximum absolute atomic E-state index is 12.2. The van der Waals surface area contributed by atoms with Crippen molar-refractivity contribution in [2.45, 2.75) is 23.9 Å². The average molecular weight is 401 g/mol. The summed E-state index contributed by atoms with van der Waals surface area (Å²) in [4.78, 5) is 25.7. The number of fused-ring (bicyclic) bond motifs is 1. The maximum Gasteiger partial charge on any atom is 0.251 e. The summed E-state index contributed by atoms with van der Waals surface area (Å²) in [6.45, 7) is 0. The van der Waals surface area contributed by atoms with E-state index in [0.29, 0.717) is 11.6 Å². The quantitative estimate of drug-likeness (QED) is 0.510. The summed E-state index contributed by atoms with van der Waals surface area (Å²) in [6, 6.07) is 11.9. The number of carbonyl (C=O) groups is 1. The second-order valence-corrected chi connectivity index (χ2v) is 7.83. The van der Waals surface area contributed by atoms with E-state index in [-0.39, 0.29) is 5.91 Å². The highest BCUT2D eigenvalue weighted by Crippen LogP contribution is 2.29. The van der Waals surface area contributed by atoms with Gasteiger partial charge in [-0.05, 0) is 43.4 Å². The number of aromatic nitrogens is 4. The molecule has 0 spiro atoms. The normalized spacial score (nSPS) is 13.6. The molecule has 0 atom stereocenters. The van der Waals surface area contributed by atoms with Crippen LogP contribution in [0.1, 0.15) is 23.2 Å². The number of benzene rings is 1. The van der Waals surface area contributed by atoms with E-state index in [9.17, 15) is 4.79 Å². The van der Waals surface area contributed by atoms with Crippen LogP contribution in [0.3, 0.4) is 0 Å². The minimum absolute atomic E-state index is 0.00830. The number of imidazole rings is 1. The van der Waals surface area contributed by atoms with Gasteiger partial charge >= 0.3 is 0 Å². The van der Waals surface area contributed by atoms with E-state index in [2.05, 4.69) is 19.7 Å². The van der Waals surface area contributed by atoms with Gasteiger partial charge in [0, 0.05) is 41.3 Å². The first-order valence-corrected chi connectivity index (χ1v) is 10.7. The topological polar surface area (TPSA) is 72.2 Å². The number of hydrogen-bond donors (Lipinski definition) is 1. The van der Waals surface area contributed by atoms with Crippen LogP contribution >= 0.6 is 11.8 Å². The molecule has 1 fully saturated rings. The number of nitrogens with one attached hydrogen (secondary N) is 1. The minimum Gasteiger partial charge on any atom is -0.349 e. The lowest BCUT2D eigenvalue weighted by molar-refractivity contribution is 0.0951. The van der Waals surface area contributed by atoms with E-state index in [1.807, 2.05) is 55.0 Å². The van der Waals surface area contributed by atoms with Crippen molar-refractivity contribution in [2.75, 3.05) is 6.26 Å². The number of amides is 1. The van der Waals surface area contributed by atoms with E-state index in [0.717, 1.165) is 46.0 Å². The Balaban J connectivity index is 1.55. The van der Waals surface area contributed by atoms with Crippen molar-refractivity contribution in [3.05, 3.63) is 66.7 Å². The lowest BCUT2D eigenvalue weighted by atomic mass is 10.1. The summed E-state index contributed by atoms with van der Waals surface area (Å²) in [5.41, 5.74) is 5.33. The number of nitrogens with zero attached hydrogens (tertiary/aromatic N) is 4. The molecule has 6 nitrogen and oxygen atoms in total. The van der Waals surface area contributed by atoms with Crippen molar-refractivity contribution < 1.29 is 4.79 Å². The Morgan fingerprint density at radius 2 is 1.86 bits per heavy atom. The summed E-state index contributed by atoms with van der Waals surface area (Å²) in [6.07, 6.45) is 11.5. The lowest BCUT2D eigenvalue weighted by Gasteiger charge is -2.09. The molecule has 1 aromatic carbocycles. The summed E-state index contributed by atoms with van der Waals surface area (Å²) < 4.78 is 2.06. The smallest absolute Gasteiger partial charge is 0.251 e. The van der Waals surface area contributed by atoms with Crippen LogP contribution in [0, 0.1) is 0 Å². The van der Waals surface area contributed by atoms with Crippen LogP contribution in [0.15, 0.2) is 66.2 Å². The third kappa shape index (κ3) is 3.49. The van der Waals surface area contributed by atoms with Gasteiger partial charge in [-0.2, -0.15) is 0 Å². The van der Waals surface area contributed by atoms with Gasteiger partial charge in [-0.25, -0.2) is 9.97 Å². The molecule has 144 valence electrons. The fourth-order valence-electron chi connectivity index (χ4n) is 3.26. The summed E-state index contributed by atoms with van der Waals surface area (Å²) in [7, 11) is 0. The molecule has 5 rings (SSSR count). The summed E-state index contributed by atoms with van der Waals surface area (Å²) in [5.74, 6) is -0.00830. The van der Waals surface area contributed by atoms with Gasteiger partial charge in [0.1, 0.15) is 5.03 Å². The summed E-state index contributed by atoms with van der Waals surface area (Å²) in [5, 5.41) is 3.89. The highest BCUT2D eigenvalue weighted by molar-refractivity contribution is 7.98. The van der Waals surface area contributed by atoms with E-state index < -0.39 is 0 Å². The molecule has 3 heterocycles. The molecule has 29 heavy (non-hydrogen) atoms. The predicted octanol–water partition coefficient (Wildman–Crippen LogP) is 4.07. The monoisotopic (exact) mass is 401 g/mol. The van der Waals surface area contributed by atoms with E-state index >= 15 is 0 Å². The molecule has 1 N–H and O–H groups in total. The molecule has 0 unspecified atom stereocenters. The third-order valence-corrected chi connectivity index (χ3v) is 5.65. The van der Waals surface area contributed by atoms with Crippen molar-refractivity contribution in [1.82, 2.24) is 24.7 Å².